The number of hydrogen-bond donors (Lipinski definition) is 0. The molecule has 0 bridgehead atoms. The van der Waals surface area contributed by atoms with Crippen LogP contribution in [0.4, 0.5) is 8.78 Å². The molecule has 0 N–H and O–H groups in total. The third-order valence-electron chi connectivity index (χ3n) is 7.26. The smallest absolute Gasteiger partial charge is 0.265 e. The number of pyridine rings is 3. The zero-order valence-electron chi connectivity index (χ0n) is 23.6. The van der Waals surface area contributed by atoms with Gasteiger partial charge in [0.2, 0.25) is 5.88 Å². The molecule has 1 aliphatic rings. The normalized spacial score (nSPS) is 13.6. The van der Waals surface area contributed by atoms with Gasteiger partial charge >= 0.3 is 0 Å². The van der Waals surface area contributed by atoms with Crippen molar-refractivity contribution in [3.8, 4) is 23.1 Å². The van der Waals surface area contributed by atoms with Gasteiger partial charge in [-0.1, -0.05) is 6.07 Å². The molecule has 4 heterocycles. The summed E-state index contributed by atoms with van der Waals surface area (Å²) in [6.45, 7) is 4.43. The van der Waals surface area contributed by atoms with E-state index in [9.17, 15) is 14.0 Å². The van der Waals surface area contributed by atoms with E-state index in [1.807, 2.05) is 0 Å². The van der Waals surface area contributed by atoms with Gasteiger partial charge in [-0.2, -0.15) is 0 Å². The summed E-state index contributed by atoms with van der Waals surface area (Å²) in [5.74, 6) is -0.847. The maximum absolute atomic E-state index is 15.1. The number of carbonyl (C=O) groups is 1. The van der Waals surface area contributed by atoms with Crippen LogP contribution >= 0.6 is 0 Å². The number of Topliss-reactive ketones (excluding diaryl/α,β-unsaturated/α-hetero) is 1. The number of carbonyl (C=O) groups excluding carboxylic acids is 1. The number of morpholine rings is 1. The molecule has 9 nitrogen and oxygen atoms in total. The molecular formula is C33H28F2N4O5. The number of benzene rings is 2. The quantitative estimate of drug-likeness (QED) is 0.208. The molecule has 44 heavy (non-hydrogen) atoms. The molecule has 2 aromatic carbocycles. The Morgan fingerprint density at radius 2 is 1.77 bits per heavy atom. The fourth-order valence-electron chi connectivity index (χ4n) is 4.92. The maximum atomic E-state index is 15.1. The Morgan fingerprint density at radius 1 is 0.955 bits per heavy atom. The van der Waals surface area contributed by atoms with E-state index in [-0.39, 0.29) is 17.7 Å². The van der Waals surface area contributed by atoms with E-state index in [1.165, 1.54) is 53.2 Å². The topological polar surface area (TPSA) is 95.8 Å². The molecule has 0 radical (unpaired) electrons. The summed E-state index contributed by atoms with van der Waals surface area (Å²) >= 11 is 0. The lowest BCUT2D eigenvalue weighted by molar-refractivity contribution is 0.0320. The van der Waals surface area contributed by atoms with E-state index in [1.54, 1.807) is 36.7 Å². The summed E-state index contributed by atoms with van der Waals surface area (Å²) in [4.78, 5) is 37.0. The van der Waals surface area contributed by atoms with Gasteiger partial charge < -0.3 is 14.2 Å². The van der Waals surface area contributed by atoms with Crippen molar-refractivity contribution in [2.75, 3.05) is 39.5 Å². The second-order valence-corrected chi connectivity index (χ2v) is 10.2. The zero-order chi connectivity index (χ0) is 30.5. The first-order valence-electron chi connectivity index (χ1n) is 14.1. The number of hydrogen-bond acceptors (Lipinski definition) is 8. The summed E-state index contributed by atoms with van der Waals surface area (Å²) in [7, 11) is 0. The van der Waals surface area contributed by atoms with E-state index in [2.05, 4.69) is 14.9 Å². The average Bonchev–Trinajstić information content (AvgIpc) is 3.03. The largest absolute Gasteiger partial charge is 0.476 e. The fourth-order valence-corrected chi connectivity index (χ4v) is 4.92. The van der Waals surface area contributed by atoms with Crippen molar-refractivity contribution in [1.29, 1.82) is 0 Å². The van der Waals surface area contributed by atoms with E-state index >= 15 is 4.39 Å². The monoisotopic (exact) mass is 598 g/mol. The van der Waals surface area contributed by atoms with Crippen LogP contribution in [0, 0.1) is 11.6 Å². The summed E-state index contributed by atoms with van der Waals surface area (Å²) < 4.78 is 46.8. The van der Waals surface area contributed by atoms with E-state index < -0.39 is 23.0 Å². The Balaban J connectivity index is 1.13. The first-order chi connectivity index (χ1) is 21.4. The number of nitrogens with zero attached hydrogens (tertiary/aromatic N) is 4. The van der Waals surface area contributed by atoms with Gasteiger partial charge in [0.05, 0.1) is 29.7 Å². The number of rotatable bonds is 10. The minimum absolute atomic E-state index is 0.0436. The van der Waals surface area contributed by atoms with Gasteiger partial charge in [0.15, 0.2) is 17.3 Å². The van der Waals surface area contributed by atoms with Crippen LogP contribution in [-0.4, -0.2) is 64.7 Å². The minimum Gasteiger partial charge on any atom is -0.476 e. The summed E-state index contributed by atoms with van der Waals surface area (Å²) in [6.07, 6.45) is 4.43. The van der Waals surface area contributed by atoms with Crippen LogP contribution < -0.4 is 15.0 Å². The summed E-state index contributed by atoms with van der Waals surface area (Å²) in [6, 6.07) is 15.9. The highest BCUT2D eigenvalue weighted by Crippen LogP contribution is 2.31. The Kier molecular flexibility index (Phi) is 8.67. The molecule has 0 amide bonds. The van der Waals surface area contributed by atoms with Gasteiger partial charge in [0, 0.05) is 56.4 Å². The average molecular weight is 599 g/mol. The molecule has 0 unspecified atom stereocenters. The SMILES string of the molecule is O=C(Cc1ccc(Oc2ccnc3cc(OCCN4CCOCC4)ncc23)c(F)c1)c1cccn(-c2ccc(F)cc2)c1=O. The molecule has 11 heteroatoms. The molecule has 0 aliphatic carbocycles. The lowest BCUT2D eigenvalue weighted by Gasteiger charge is -2.26. The van der Waals surface area contributed by atoms with Crippen LogP contribution in [0.25, 0.3) is 16.6 Å². The molecule has 1 fully saturated rings. The van der Waals surface area contributed by atoms with E-state index in [4.69, 9.17) is 14.2 Å². The molecule has 1 saturated heterocycles. The van der Waals surface area contributed by atoms with Crippen molar-refractivity contribution in [2.45, 2.75) is 6.42 Å². The molecule has 224 valence electrons. The Labute approximate surface area is 251 Å². The summed E-state index contributed by atoms with van der Waals surface area (Å²) in [5.41, 5.74) is 0.767. The highest BCUT2D eigenvalue weighted by atomic mass is 19.1. The van der Waals surface area contributed by atoms with Crippen molar-refractivity contribution in [3.63, 3.8) is 0 Å². The van der Waals surface area contributed by atoms with Crippen molar-refractivity contribution < 1.29 is 27.8 Å². The molecular weight excluding hydrogens is 570 g/mol. The number of aromatic nitrogens is 3. The number of fused-ring (bicyclic) bond motifs is 1. The standard InChI is InChI=1S/C33H28F2N4O5/c34-23-4-6-24(7-5-23)39-11-1-2-25(33(39)41)29(40)19-22-3-8-31(27(35)18-22)44-30-9-10-36-28-20-32(37-21-26(28)30)43-17-14-38-12-15-42-16-13-38/h1-11,18,20-21H,12-17,19H2. The molecule has 0 saturated carbocycles. The third kappa shape index (κ3) is 6.64. The summed E-state index contributed by atoms with van der Waals surface area (Å²) in [5, 5.41) is 0.577. The Morgan fingerprint density at radius 3 is 2.57 bits per heavy atom. The zero-order valence-corrected chi connectivity index (χ0v) is 23.6. The number of ether oxygens (including phenoxy) is 3. The van der Waals surface area contributed by atoms with Crippen molar-refractivity contribution in [1.82, 2.24) is 19.4 Å². The molecule has 6 rings (SSSR count). The van der Waals surface area contributed by atoms with Gasteiger partial charge in [-0.05, 0) is 60.2 Å². The van der Waals surface area contributed by atoms with Gasteiger partial charge in [0.25, 0.3) is 5.56 Å². The van der Waals surface area contributed by atoms with Crippen molar-refractivity contribution in [3.05, 3.63) is 118 Å². The number of ketones is 1. The van der Waals surface area contributed by atoms with Crippen LogP contribution in [0.5, 0.6) is 17.4 Å². The van der Waals surface area contributed by atoms with E-state index in [0.29, 0.717) is 40.4 Å². The van der Waals surface area contributed by atoms with E-state index in [0.717, 1.165) is 32.8 Å². The van der Waals surface area contributed by atoms with Gasteiger partial charge in [-0.3, -0.25) is 24.0 Å². The predicted molar refractivity (Wildman–Crippen MR) is 159 cm³/mol. The predicted octanol–water partition coefficient (Wildman–Crippen LogP) is 4.99. The van der Waals surface area contributed by atoms with Gasteiger partial charge in [-0.25, -0.2) is 13.8 Å². The lowest BCUT2D eigenvalue weighted by Crippen LogP contribution is -2.38. The second kappa shape index (κ2) is 13.1. The third-order valence-corrected chi connectivity index (χ3v) is 7.26. The first-order valence-corrected chi connectivity index (χ1v) is 14.1. The van der Waals surface area contributed by atoms with Crippen LogP contribution in [0.3, 0.4) is 0 Å². The molecule has 3 aromatic heterocycles. The van der Waals surface area contributed by atoms with Crippen LogP contribution in [0.2, 0.25) is 0 Å². The van der Waals surface area contributed by atoms with Gasteiger partial charge in [-0.15, -0.1) is 0 Å². The molecule has 0 spiro atoms. The number of halogens is 2. The fraction of sp³-hybridized carbons (Fsp3) is 0.212. The van der Waals surface area contributed by atoms with Crippen molar-refractivity contribution >= 4 is 16.7 Å². The highest BCUT2D eigenvalue weighted by molar-refractivity contribution is 5.97. The Bertz CT molecular complexity index is 1860. The van der Waals surface area contributed by atoms with Crippen molar-refractivity contribution in [2.24, 2.45) is 0 Å². The lowest BCUT2D eigenvalue weighted by atomic mass is 10.0. The van der Waals surface area contributed by atoms with Crippen LogP contribution in [0.15, 0.2) is 90.1 Å². The minimum atomic E-state index is -0.673. The van der Waals surface area contributed by atoms with Crippen LogP contribution in [0.1, 0.15) is 15.9 Å². The maximum Gasteiger partial charge on any atom is 0.265 e. The Hall–Kier alpha value is -5.00. The first kappa shape index (κ1) is 29.1. The molecule has 1 aliphatic heterocycles. The molecule has 5 aromatic rings. The van der Waals surface area contributed by atoms with Crippen LogP contribution in [-0.2, 0) is 11.2 Å². The molecule has 0 atom stereocenters. The highest BCUT2D eigenvalue weighted by Gasteiger charge is 2.17. The van der Waals surface area contributed by atoms with Gasteiger partial charge in [0.1, 0.15) is 18.2 Å². The second-order valence-electron chi connectivity index (χ2n) is 10.2.